The van der Waals surface area contributed by atoms with E-state index < -0.39 is 28.5 Å². The number of hydrogen-bond donors (Lipinski definition) is 1. The molecule has 0 heterocycles. The van der Waals surface area contributed by atoms with Crippen molar-refractivity contribution in [3.8, 4) is 0 Å². The molecule has 0 aromatic heterocycles. The number of anilines is 1. The minimum Gasteiger partial charge on any atom is -0.354 e. The average Bonchev–Trinajstić information content (AvgIpc) is 2.93. The smallest absolute Gasteiger partial charge is 0.264 e. The number of rotatable bonds is 12. The Balaban J connectivity index is 2.05. The van der Waals surface area contributed by atoms with Crippen LogP contribution >= 0.6 is 39.1 Å². The molecule has 0 aliphatic rings. The second-order valence-corrected chi connectivity index (χ2v) is 13.7. The van der Waals surface area contributed by atoms with Crippen molar-refractivity contribution in [2.24, 2.45) is 5.92 Å². The van der Waals surface area contributed by atoms with Gasteiger partial charge in [0.05, 0.1) is 20.6 Å². The largest absolute Gasteiger partial charge is 0.354 e. The van der Waals surface area contributed by atoms with E-state index in [0.717, 1.165) is 14.3 Å². The van der Waals surface area contributed by atoms with Gasteiger partial charge < -0.3 is 10.2 Å². The van der Waals surface area contributed by atoms with Gasteiger partial charge in [-0.25, -0.2) is 8.42 Å². The molecule has 220 valence electrons. The minimum absolute atomic E-state index is 0.0298. The predicted octanol–water partition coefficient (Wildman–Crippen LogP) is 6.84. The summed E-state index contributed by atoms with van der Waals surface area (Å²) in [6.45, 7) is 7.58. The highest BCUT2D eigenvalue weighted by molar-refractivity contribution is 9.10. The molecule has 0 saturated heterocycles. The van der Waals surface area contributed by atoms with Gasteiger partial charge in [-0.1, -0.05) is 83.7 Å². The van der Waals surface area contributed by atoms with Crippen molar-refractivity contribution in [1.82, 2.24) is 10.2 Å². The van der Waals surface area contributed by atoms with Crippen LogP contribution in [-0.4, -0.2) is 44.3 Å². The fourth-order valence-electron chi connectivity index (χ4n) is 4.15. The van der Waals surface area contributed by atoms with Crippen LogP contribution in [0.25, 0.3) is 0 Å². The number of carbonyl (C=O) groups is 2. The minimum atomic E-state index is -4.14. The number of halogens is 3. The molecule has 0 aliphatic carbocycles. The van der Waals surface area contributed by atoms with Crippen molar-refractivity contribution in [3.05, 3.63) is 92.4 Å². The van der Waals surface area contributed by atoms with Crippen LogP contribution in [0.4, 0.5) is 5.69 Å². The third-order valence-electron chi connectivity index (χ3n) is 6.41. The second kappa shape index (κ2) is 14.5. The normalized spacial score (nSPS) is 12.2. The molecule has 3 rings (SSSR count). The van der Waals surface area contributed by atoms with Crippen molar-refractivity contribution in [1.29, 1.82) is 0 Å². The molecule has 1 atom stereocenters. The number of aryl methyl sites for hydroxylation is 1. The van der Waals surface area contributed by atoms with Crippen LogP contribution in [0, 0.1) is 12.8 Å². The molecule has 7 nitrogen and oxygen atoms in total. The quantitative estimate of drug-likeness (QED) is 0.227. The van der Waals surface area contributed by atoms with Crippen LogP contribution in [-0.2, 0) is 26.2 Å². The van der Waals surface area contributed by atoms with Crippen molar-refractivity contribution < 1.29 is 18.0 Å². The van der Waals surface area contributed by atoms with Crippen LogP contribution in [0.2, 0.25) is 10.0 Å². The fourth-order valence-corrected chi connectivity index (χ4v) is 6.15. The molecule has 0 radical (unpaired) electrons. The Bertz CT molecular complexity index is 1470. The molecular formula is C30H34BrCl2N3O4S. The lowest BCUT2D eigenvalue weighted by molar-refractivity contribution is -0.140. The number of sulfonamides is 1. The molecule has 3 aromatic carbocycles. The standard InChI is InChI=1S/C30H34BrCl2N3O4S/c1-5-28(30(38)34-17-20(2)3)35(18-22-8-15-26(32)27(33)16-22)29(37)19-36(24-11-9-23(31)10-12-24)41(39,40)25-13-6-21(4)7-14-25/h6-16,20,28H,5,17-19H2,1-4H3,(H,34,38)/t28-/m1/s1. The number of benzene rings is 3. The Morgan fingerprint density at radius 3 is 2.15 bits per heavy atom. The SMILES string of the molecule is CC[C@H](C(=O)NCC(C)C)N(Cc1ccc(Cl)c(Cl)c1)C(=O)CN(c1ccc(Br)cc1)S(=O)(=O)c1ccc(C)cc1. The van der Waals surface area contributed by atoms with Crippen LogP contribution in [0.3, 0.4) is 0 Å². The van der Waals surface area contributed by atoms with Gasteiger partial charge in [-0.3, -0.25) is 13.9 Å². The first-order chi connectivity index (χ1) is 19.3. The lowest BCUT2D eigenvalue weighted by Crippen LogP contribution is -2.52. The summed E-state index contributed by atoms with van der Waals surface area (Å²) in [5.41, 5.74) is 1.87. The molecular weight excluding hydrogens is 649 g/mol. The highest BCUT2D eigenvalue weighted by Crippen LogP contribution is 2.28. The molecule has 1 N–H and O–H groups in total. The van der Waals surface area contributed by atoms with E-state index >= 15 is 0 Å². The number of carbonyl (C=O) groups excluding carboxylic acids is 2. The van der Waals surface area contributed by atoms with Crippen molar-refractivity contribution >= 4 is 66.7 Å². The summed E-state index contributed by atoms with van der Waals surface area (Å²) < 4.78 is 29.7. The molecule has 0 spiro atoms. The molecule has 41 heavy (non-hydrogen) atoms. The third kappa shape index (κ3) is 8.70. The van der Waals surface area contributed by atoms with Crippen molar-refractivity contribution in [2.45, 2.75) is 51.6 Å². The monoisotopic (exact) mass is 681 g/mol. The van der Waals surface area contributed by atoms with E-state index in [4.69, 9.17) is 23.2 Å². The van der Waals surface area contributed by atoms with E-state index in [1.54, 1.807) is 54.6 Å². The van der Waals surface area contributed by atoms with Crippen LogP contribution in [0.15, 0.2) is 76.1 Å². The van der Waals surface area contributed by atoms with E-state index in [1.165, 1.54) is 17.0 Å². The molecule has 0 aliphatic heterocycles. The Kier molecular flexibility index (Phi) is 11.7. The van der Waals surface area contributed by atoms with Gasteiger partial charge in [-0.05, 0) is 73.4 Å². The zero-order valence-corrected chi connectivity index (χ0v) is 27.3. The van der Waals surface area contributed by atoms with Gasteiger partial charge in [-0.2, -0.15) is 0 Å². The van der Waals surface area contributed by atoms with Gasteiger partial charge in [0.15, 0.2) is 0 Å². The molecule has 3 aromatic rings. The Labute approximate surface area is 261 Å². The summed E-state index contributed by atoms with van der Waals surface area (Å²) >= 11 is 15.7. The summed E-state index contributed by atoms with van der Waals surface area (Å²) in [6.07, 6.45) is 0.319. The first-order valence-corrected chi connectivity index (χ1v) is 16.2. The number of amides is 2. The topological polar surface area (TPSA) is 86.8 Å². The lowest BCUT2D eigenvalue weighted by atomic mass is 10.1. The van der Waals surface area contributed by atoms with Gasteiger partial charge in [0, 0.05) is 17.6 Å². The average molecular weight is 683 g/mol. The number of hydrogen-bond acceptors (Lipinski definition) is 4. The second-order valence-electron chi connectivity index (χ2n) is 10.1. The molecule has 11 heteroatoms. The summed E-state index contributed by atoms with van der Waals surface area (Å²) in [4.78, 5) is 28.8. The Morgan fingerprint density at radius 2 is 1.59 bits per heavy atom. The first kappa shape index (κ1) is 32.9. The Hall–Kier alpha value is -2.59. The lowest BCUT2D eigenvalue weighted by Gasteiger charge is -2.33. The zero-order valence-electron chi connectivity index (χ0n) is 23.4. The van der Waals surface area contributed by atoms with E-state index in [2.05, 4.69) is 21.2 Å². The fraction of sp³-hybridized carbons (Fsp3) is 0.333. The van der Waals surface area contributed by atoms with Gasteiger partial charge in [0.25, 0.3) is 10.0 Å². The third-order valence-corrected chi connectivity index (χ3v) is 9.47. The van der Waals surface area contributed by atoms with Gasteiger partial charge >= 0.3 is 0 Å². The van der Waals surface area contributed by atoms with Crippen molar-refractivity contribution in [3.63, 3.8) is 0 Å². The molecule has 0 unspecified atom stereocenters. The van der Waals surface area contributed by atoms with Crippen molar-refractivity contribution in [2.75, 3.05) is 17.4 Å². The highest BCUT2D eigenvalue weighted by Gasteiger charge is 2.33. The van der Waals surface area contributed by atoms with Crippen LogP contribution in [0.5, 0.6) is 0 Å². The maximum atomic E-state index is 14.1. The van der Waals surface area contributed by atoms with Gasteiger partial charge in [0.2, 0.25) is 11.8 Å². The summed E-state index contributed by atoms with van der Waals surface area (Å²) in [6, 6.07) is 17.2. The van der Waals surface area contributed by atoms with Crippen LogP contribution in [0.1, 0.15) is 38.3 Å². The summed E-state index contributed by atoms with van der Waals surface area (Å²) in [7, 11) is -4.14. The summed E-state index contributed by atoms with van der Waals surface area (Å²) in [5, 5.41) is 3.58. The maximum absolute atomic E-state index is 14.1. The summed E-state index contributed by atoms with van der Waals surface area (Å²) in [5.74, 6) is -0.643. The molecule has 0 bridgehead atoms. The maximum Gasteiger partial charge on any atom is 0.264 e. The predicted molar refractivity (Wildman–Crippen MR) is 169 cm³/mol. The number of nitrogens with one attached hydrogen (secondary N) is 1. The van der Waals surface area contributed by atoms with E-state index in [-0.39, 0.29) is 23.3 Å². The van der Waals surface area contributed by atoms with E-state index in [0.29, 0.717) is 34.3 Å². The van der Waals surface area contributed by atoms with Gasteiger partial charge in [0.1, 0.15) is 12.6 Å². The van der Waals surface area contributed by atoms with Crippen LogP contribution < -0.4 is 9.62 Å². The Morgan fingerprint density at radius 1 is 0.951 bits per heavy atom. The molecule has 0 fully saturated rings. The zero-order chi connectivity index (χ0) is 30.3. The first-order valence-electron chi connectivity index (χ1n) is 13.2. The van der Waals surface area contributed by atoms with Gasteiger partial charge in [-0.15, -0.1) is 0 Å². The molecule has 0 saturated carbocycles. The van der Waals surface area contributed by atoms with E-state index in [1.807, 2.05) is 27.7 Å². The highest BCUT2D eigenvalue weighted by atomic mass is 79.9. The van der Waals surface area contributed by atoms with E-state index in [9.17, 15) is 18.0 Å². The number of nitrogens with zero attached hydrogens (tertiary/aromatic N) is 2. The molecule has 2 amide bonds.